The molecule has 3 rings (SSSR count). The fourth-order valence-corrected chi connectivity index (χ4v) is 4.38. The van der Waals surface area contributed by atoms with E-state index in [-0.39, 0.29) is 17.3 Å². The smallest absolute Gasteiger partial charge is 0.243 e. The van der Waals surface area contributed by atoms with Crippen LogP contribution in [0.25, 0.3) is 0 Å². The van der Waals surface area contributed by atoms with E-state index in [9.17, 15) is 17.2 Å². The third-order valence-electron chi connectivity index (χ3n) is 4.40. The third-order valence-corrected chi connectivity index (χ3v) is 6.30. The van der Waals surface area contributed by atoms with Gasteiger partial charge in [0.2, 0.25) is 10.0 Å². The van der Waals surface area contributed by atoms with E-state index in [4.69, 9.17) is 4.74 Å². The summed E-state index contributed by atoms with van der Waals surface area (Å²) in [5, 5.41) is 0. The lowest BCUT2D eigenvalue weighted by molar-refractivity contribution is 0.181. The van der Waals surface area contributed by atoms with Crippen molar-refractivity contribution in [1.82, 2.24) is 9.21 Å². The number of hydrogen-bond acceptors (Lipinski definition) is 4. The van der Waals surface area contributed by atoms with Gasteiger partial charge in [-0.05, 0) is 35.9 Å². The summed E-state index contributed by atoms with van der Waals surface area (Å²) in [5.41, 5.74) is 1.08. The van der Waals surface area contributed by atoms with E-state index in [0.717, 1.165) is 29.5 Å². The molecule has 0 bridgehead atoms. The minimum absolute atomic E-state index is 0. The van der Waals surface area contributed by atoms with Gasteiger partial charge in [-0.1, -0.05) is 12.1 Å². The molecule has 148 valence electrons. The molecule has 1 heterocycles. The molecule has 27 heavy (non-hydrogen) atoms. The van der Waals surface area contributed by atoms with Crippen LogP contribution in [0.2, 0.25) is 0 Å². The Balaban J connectivity index is 0.00000261. The first-order valence-corrected chi connectivity index (χ1v) is 9.64. The number of benzene rings is 2. The van der Waals surface area contributed by atoms with Crippen LogP contribution in [-0.4, -0.2) is 50.9 Å². The van der Waals surface area contributed by atoms with Gasteiger partial charge in [0.1, 0.15) is 5.75 Å². The van der Waals surface area contributed by atoms with Gasteiger partial charge in [0.15, 0.2) is 11.6 Å². The normalized spacial score (nSPS) is 16.0. The zero-order valence-electron chi connectivity index (χ0n) is 14.8. The Morgan fingerprint density at radius 2 is 1.70 bits per heavy atom. The Labute approximate surface area is 164 Å². The van der Waals surface area contributed by atoms with E-state index in [1.54, 1.807) is 7.11 Å². The topological polar surface area (TPSA) is 49.9 Å². The number of nitrogens with zero attached hydrogens (tertiary/aromatic N) is 2. The summed E-state index contributed by atoms with van der Waals surface area (Å²) in [7, 11) is -2.22. The lowest BCUT2D eigenvalue weighted by Gasteiger charge is -2.34. The Bertz CT molecular complexity index is 888. The number of rotatable bonds is 5. The second kappa shape index (κ2) is 8.97. The molecule has 0 N–H and O–H groups in total. The van der Waals surface area contributed by atoms with E-state index < -0.39 is 21.7 Å². The molecule has 0 radical (unpaired) electrons. The summed E-state index contributed by atoms with van der Waals surface area (Å²) in [6.45, 7) is 2.40. The van der Waals surface area contributed by atoms with Crippen LogP contribution in [0.5, 0.6) is 5.75 Å². The molecule has 9 heteroatoms. The van der Waals surface area contributed by atoms with Crippen LogP contribution in [0.4, 0.5) is 8.78 Å². The van der Waals surface area contributed by atoms with Crippen LogP contribution in [-0.2, 0) is 16.6 Å². The molecule has 0 atom stereocenters. The summed E-state index contributed by atoms with van der Waals surface area (Å²) in [6, 6.07) is 10.4. The van der Waals surface area contributed by atoms with Crippen molar-refractivity contribution in [3.63, 3.8) is 0 Å². The Kier molecular flexibility index (Phi) is 7.16. The highest BCUT2D eigenvalue weighted by atomic mass is 35.5. The molecule has 0 spiro atoms. The first-order valence-electron chi connectivity index (χ1n) is 8.20. The molecule has 1 fully saturated rings. The highest BCUT2D eigenvalue weighted by Crippen LogP contribution is 2.21. The average molecular weight is 419 g/mol. The van der Waals surface area contributed by atoms with Crippen LogP contribution in [0.15, 0.2) is 47.4 Å². The molecule has 0 saturated carbocycles. The molecule has 1 aliphatic heterocycles. The zero-order chi connectivity index (χ0) is 18.7. The molecule has 0 amide bonds. The van der Waals surface area contributed by atoms with Gasteiger partial charge >= 0.3 is 0 Å². The van der Waals surface area contributed by atoms with Gasteiger partial charge < -0.3 is 4.74 Å². The molecule has 1 saturated heterocycles. The van der Waals surface area contributed by atoms with Gasteiger partial charge in [-0.25, -0.2) is 17.2 Å². The monoisotopic (exact) mass is 418 g/mol. The lowest BCUT2D eigenvalue weighted by Crippen LogP contribution is -2.48. The molecule has 0 unspecified atom stereocenters. The second-order valence-corrected chi connectivity index (χ2v) is 8.05. The van der Waals surface area contributed by atoms with Crippen LogP contribution < -0.4 is 4.74 Å². The van der Waals surface area contributed by atoms with E-state index in [0.29, 0.717) is 32.7 Å². The van der Waals surface area contributed by atoms with Crippen molar-refractivity contribution in [3.8, 4) is 5.75 Å². The highest BCUT2D eigenvalue weighted by Gasteiger charge is 2.29. The predicted molar refractivity (Wildman–Crippen MR) is 101 cm³/mol. The number of ether oxygens (including phenoxy) is 1. The molecule has 5 nitrogen and oxygen atoms in total. The summed E-state index contributed by atoms with van der Waals surface area (Å²) < 4.78 is 58.1. The van der Waals surface area contributed by atoms with E-state index in [1.807, 2.05) is 24.3 Å². The standard InChI is InChI=1S/C18H20F2N2O3S.ClH/c1-25-15-4-2-3-14(11-15)13-21-7-9-22(10-8-21)26(23,24)16-5-6-17(19)18(20)12-16;/h2-6,11-12H,7-10,13H2,1H3;1H. The second-order valence-electron chi connectivity index (χ2n) is 6.11. The van der Waals surface area contributed by atoms with E-state index in [2.05, 4.69) is 4.90 Å². The maximum absolute atomic E-state index is 13.4. The van der Waals surface area contributed by atoms with Gasteiger partial charge in [-0.3, -0.25) is 4.90 Å². The predicted octanol–water partition coefficient (Wildman–Crippen LogP) is 2.90. The quantitative estimate of drug-likeness (QED) is 0.749. The van der Waals surface area contributed by atoms with Gasteiger partial charge in [-0.2, -0.15) is 4.31 Å². The SMILES string of the molecule is COc1cccc(CN2CCN(S(=O)(=O)c3ccc(F)c(F)c3)CC2)c1.Cl. The van der Waals surface area contributed by atoms with Crippen LogP contribution in [0.3, 0.4) is 0 Å². The van der Waals surface area contributed by atoms with Gasteiger partial charge in [0.05, 0.1) is 12.0 Å². The van der Waals surface area contributed by atoms with Gasteiger partial charge in [0.25, 0.3) is 0 Å². The van der Waals surface area contributed by atoms with Crippen molar-refractivity contribution in [2.75, 3.05) is 33.3 Å². The summed E-state index contributed by atoms with van der Waals surface area (Å²) in [4.78, 5) is 1.92. The summed E-state index contributed by atoms with van der Waals surface area (Å²) in [5.74, 6) is -1.45. The molecule has 0 aromatic heterocycles. The summed E-state index contributed by atoms with van der Waals surface area (Å²) in [6.07, 6.45) is 0. The molecular formula is C18H21ClF2N2O3S. The summed E-state index contributed by atoms with van der Waals surface area (Å²) >= 11 is 0. The van der Waals surface area contributed by atoms with E-state index >= 15 is 0 Å². The number of piperazine rings is 1. The molecule has 1 aliphatic rings. The van der Waals surface area contributed by atoms with E-state index in [1.165, 1.54) is 4.31 Å². The average Bonchev–Trinajstić information content (AvgIpc) is 2.64. The minimum atomic E-state index is -3.83. The van der Waals surface area contributed by atoms with Crippen LogP contribution in [0, 0.1) is 11.6 Å². The number of halogens is 3. The molecule has 2 aromatic carbocycles. The van der Waals surface area contributed by atoms with Crippen molar-refractivity contribution in [1.29, 1.82) is 0 Å². The van der Waals surface area contributed by atoms with Gasteiger partial charge in [0, 0.05) is 32.7 Å². The van der Waals surface area contributed by atoms with Crippen molar-refractivity contribution < 1.29 is 21.9 Å². The Morgan fingerprint density at radius 1 is 1.00 bits per heavy atom. The van der Waals surface area contributed by atoms with Crippen molar-refractivity contribution in [2.24, 2.45) is 0 Å². The number of sulfonamides is 1. The zero-order valence-corrected chi connectivity index (χ0v) is 16.4. The lowest BCUT2D eigenvalue weighted by atomic mass is 10.2. The Hall–Kier alpha value is -1.74. The maximum atomic E-state index is 13.4. The molecular weight excluding hydrogens is 398 g/mol. The minimum Gasteiger partial charge on any atom is -0.497 e. The molecule has 2 aromatic rings. The Morgan fingerprint density at radius 3 is 2.33 bits per heavy atom. The fourth-order valence-electron chi connectivity index (χ4n) is 2.94. The van der Waals surface area contributed by atoms with Crippen molar-refractivity contribution in [2.45, 2.75) is 11.4 Å². The first-order chi connectivity index (χ1) is 12.4. The van der Waals surface area contributed by atoms with Crippen LogP contribution in [0.1, 0.15) is 5.56 Å². The highest BCUT2D eigenvalue weighted by molar-refractivity contribution is 7.89. The first kappa shape index (κ1) is 21.6. The fraction of sp³-hybridized carbons (Fsp3) is 0.333. The van der Waals surface area contributed by atoms with Crippen molar-refractivity contribution >= 4 is 22.4 Å². The number of methoxy groups -OCH3 is 1. The maximum Gasteiger partial charge on any atom is 0.243 e. The largest absolute Gasteiger partial charge is 0.497 e. The van der Waals surface area contributed by atoms with Crippen LogP contribution >= 0.6 is 12.4 Å². The van der Waals surface area contributed by atoms with Crippen molar-refractivity contribution in [3.05, 3.63) is 59.7 Å². The van der Waals surface area contributed by atoms with Gasteiger partial charge in [-0.15, -0.1) is 12.4 Å². The molecule has 0 aliphatic carbocycles. The number of hydrogen-bond donors (Lipinski definition) is 0. The third kappa shape index (κ3) is 4.95.